The van der Waals surface area contributed by atoms with Gasteiger partial charge in [0.15, 0.2) is 5.96 Å². The molecule has 1 aliphatic heterocycles. The molecule has 3 rings (SSSR count). The van der Waals surface area contributed by atoms with Gasteiger partial charge in [-0.15, -0.1) is 24.0 Å². The molecule has 1 aromatic heterocycles. The quantitative estimate of drug-likeness (QED) is 0.249. The van der Waals surface area contributed by atoms with E-state index in [4.69, 9.17) is 20.3 Å². The third-order valence-electron chi connectivity index (χ3n) is 5.21. The van der Waals surface area contributed by atoms with E-state index in [2.05, 4.69) is 10.2 Å². The lowest BCUT2D eigenvalue weighted by atomic mass is 9.95. The summed E-state index contributed by atoms with van der Waals surface area (Å²) >= 11 is 0. The number of piperidine rings is 1. The number of sulfonamides is 1. The number of carbonyl (C=O) groups is 1. The number of primary amides is 1. The highest BCUT2D eigenvalue weighted by Crippen LogP contribution is 2.20. The van der Waals surface area contributed by atoms with E-state index >= 15 is 0 Å². The topological polar surface area (TPSA) is 144 Å². The molecule has 1 saturated heterocycles. The normalized spacial score (nSPS) is 17.0. The molecule has 9 nitrogen and oxygen atoms in total. The smallest absolute Gasteiger partial charge is 0.238 e. The summed E-state index contributed by atoms with van der Waals surface area (Å²) in [6, 6.07) is 10.2. The Morgan fingerprint density at radius 3 is 2.62 bits per heavy atom. The zero-order valence-electron chi connectivity index (χ0n) is 17.8. The summed E-state index contributed by atoms with van der Waals surface area (Å²) in [5.41, 5.74) is 6.26. The fourth-order valence-corrected chi connectivity index (χ4v) is 4.19. The van der Waals surface area contributed by atoms with Gasteiger partial charge in [0.1, 0.15) is 5.76 Å². The van der Waals surface area contributed by atoms with Crippen molar-refractivity contribution in [3.05, 3.63) is 54.0 Å². The number of carbonyl (C=O) groups excluding carboxylic acids is 1. The molecule has 1 aliphatic rings. The van der Waals surface area contributed by atoms with E-state index in [0.717, 1.165) is 36.7 Å². The average molecular weight is 575 g/mol. The van der Waals surface area contributed by atoms with Gasteiger partial charge >= 0.3 is 0 Å². The summed E-state index contributed by atoms with van der Waals surface area (Å²) in [5, 5.41) is 8.55. The summed E-state index contributed by atoms with van der Waals surface area (Å²) < 4.78 is 28.3. The van der Waals surface area contributed by atoms with Crippen molar-refractivity contribution in [1.29, 1.82) is 0 Å². The maximum absolute atomic E-state index is 11.4. The summed E-state index contributed by atoms with van der Waals surface area (Å²) in [6.07, 6.45) is 4.65. The van der Waals surface area contributed by atoms with Gasteiger partial charge in [0.2, 0.25) is 15.9 Å². The maximum Gasteiger partial charge on any atom is 0.238 e. The van der Waals surface area contributed by atoms with Crippen LogP contribution in [-0.4, -0.2) is 44.8 Å². The van der Waals surface area contributed by atoms with Gasteiger partial charge in [-0.25, -0.2) is 18.5 Å². The van der Waals surface area contributed by atoms with Crippen molar-refractivity contribution >= 4 is 45.9 Å². The second-order valence-electron chi connectivity index (χ2n) is 7.71. The molecule has 176 valence electrons. The molecule has 0 spiro atoms. The molecule has 32 heavy (non-hydrogen) atoms. The highest BCUT2D eigenvalue weighted by Gasteiger charge is 2.23. The number of nitrogens with one attached hydrogen (secondary N) is 1. The second-order valence-corrected chi connectivity index (χ2v) is 9.27. The van der Waals surface area contributed by atoms with Crippen LogP contribution < -0.4 is 16.2 Å². The van der Waals surface area contributed by atoms with Crippen molar-refractivity contribution in [2.24, 2.45) is 21.8 Å². The number of likely N-dealkylation sites (tertiary alicyclic amines) is 1. The first-order chi connectivity index (χ1) is 14.8. The lowest BCUT2D eigenvalue weighted by Crippen LogP contribution is -2.47. The second kappa shape index (κ2) is 12.2. The molecule has 11 heteroatoms. The van der Waals surface area contributed by atoms with Crippen molar-refractivity contribution in [3.63, 3.8) is 0 Å². The molecule has 2 aromatic rings. The minimum Gasteiger partial charge on any atom is -0.469 e. The number of primary sulfonamides is 1. The Morgan fingerprint density at radius 2 is 2.00 bits per heavy atom. The maximum atomic E-state index is 11.4. The standard InChI is InChI=1S/C21H29N5O4S.HI/c22-20(27)13-17-3-1-11-26(15-17)21(24-10-9-18-4-2-12-30-18)25-14-16-5-7-19(8-6-16)31(23,28)29;/h2,4-8,12,17H,1,3,9-11,13-15H2,(H2,22,27)(H,24,25)(H2,23,28,29);1H. The fourth-order valence-electron chi connectivity index (χ4n) is 3.68. The van der Waals surface area contributed by atoms with Gasteiger partial charge in [0.05, 0.1) is 17.7 Å². The molecule has 0 radical (unpaired) electrons. The third-order valence-corrected chi connectivity index (χ3v) is 6.14. The molecule has 0 saturated carbocycles. The highest BCUT2D eigenvalue weighted by atomic mass is 127. The van der Waals surface area contributed by atoms with E-state index in [1.54, 1.807) is 18.4 Å². The first kappa shape index (κ1) is 26.1. The molecule has 0 aliphatic carbocycles. The van der Waals surface area contributed by atoms with E-state index < -0.39 is 10.0 Å². The van der Waals surface area contributed by atoms with E-state index in [0.29, 0.717) is 32.5 Å². The Balaban J connectivity index is 0.00000363. The number of aliphatic imine (C=N–C) groups is 1. The van der Waals surface area contributed by atoms with Gasteiger partial charge in [0.25, 0.3) is 0 Å². The minimum absolute atomic E-state index is 0. The fraction of sp³-hybridized carbons (Fsp3) is 0.429. The Kier molecular flexibility index (Phi) is 9.97. The van der Waals surface area contributed by atoms with Gasteiger partial charge in [-0.2, -0.15) is 0 Å². The Labute approximate surface area is 205 Å². The van der Waals surface area contributed by atoms with Crippen LogP contribution in [0.4, 0.5) is 0 Å². The zero-order valence-corrected chi connectivity index (χ0v) is 20.9. The number of amides is 1. The number of nitrogens with two attached hydrogens (primary N) is 2. The molecular weight excluding hydrogens is 545 g/mol. The van der Waals surface area contributed by atoms with Crippen LogP contribution in [0.3, 0.4) is 0 Å². The van der Waals surface area contributed by atoms with E-state index in [-0.39, 0.29) is 40.7 Å². The Bertz CT molecular complexity index is 994. The van der Waals surface area contributed by atoms with Gasteiger partial charge in [-0.1, -0.05) is 12.1 Å². The van der Waals surface area contributed by atoms with Crippen molar-refractivity contribution in [1.82, 2.24) is 10.2 Å². The van der Waals surface area contributed by atoms with Crippen LogP contribution in [0.1, 0.15) is 30.6 Å². The molecule has 0 bridgehead atoms. The third kappa shape index (κ3) is 8.10. The van der Waals surface area contributed by atoms with Gasteiger partial charge in [-0.05, 0) is 48.6 Å². The van der Waals surface area contributed by atoms with E-state index in [9.17, 15) is 13.2 Å². The Hall–Kier alpha value is -2.12. The van der Waals surface area contributed by atoms with Gasteiger partial charge in [0, 0.05) is 32.5 Å². The Morgan fingerprint density at radius 1 is 1.25 bits per heavy atom. The average Bonchev–Trinajstić information content (AvgIpc) is 3.23. The lowest BCUT2D eigenvalue weighted by Gasteiger charge is -2.34. The number of guanidine groups is 1. The molecular formula is C21H30IN5O4S. The number of nitrogens with zero attached hydrogens (tertiary/aromatic N) is 2. The molecule has 1 unspecified atom stereocenters. The molecule has 1 atom stereocenters. The number of benzene rings is 1. The number of rotatable bonds is 8. The first-order valence-electron chi connectivity index (χ1n) is 10.3. The van der Waals surface area contributed by atoms with Crippen molar-refractivity contribution in [2.45, 2.75) is 37.1 Å². The van der Waals surface area contributed by atoms with Crippen LogP contribution in [0.25, 0.3) is 0 Å². The summed E-state index contributed by atoms with van der Waals surface area (Å²) in [7, 11) is -3.72. The first-order valence-corrected chi connectivity index (χ1v) is 11.8. The summed E-state index contributed by atoms with van der Waals surface area (Å²) in [5.74, 6) is 1.55. The molecule has 1 aromatic carbocycles. The van der Waals surface area contributed by atoms with Crippen LogP contribution in [0.5, 0.6) is 0 Å². The number of halogens is 1. The lowest BCUT2D eigenvalue weighted by molar-refractivity contribution is -0.119. The van der Waals surface area contributed by atoms with Crippen LogP contribution >= 0.6 is 24.0 Å². The van der Waals surface area contributed by atoms with Crippen LogP contribution in [0.15, 0.2) is 57.0 Å². The highest BCUT2D eigenvalue weighted by molar-refractivity contribution is 14.0. The molecule has 1 amide bonds. The van der Waals surface area contributed by atoms with Gasteiger partial charge < -0.3 is 20.4 Å². The predicted molar refractivity (Wildman–Crippen MR) is 133 cm³/mol. The van der Waals surface area contributed by atoms with Crippen LogP contribution in [-0.2, 0) is 27.8 Å². The number of hydrogen-bond acceptors (Lipinski definition) is 5. The summed E-state index contributed by atoms with van der Waals surface area (Å²) in [6.45, 7) is 2.57. The zero-order chi connectivity index (χ0) is 22.3. The largest absolute Gasteiger partial charge is 0.469 e. The van der Waals surface area contributed by atoms with E-state index in [1.165, 1.54) is 12.1 Å². The van der Waals surface area contributed by atoms with E-state index in [1.807, 2.05) is 12.1 Å². The van der Waals surface area contributed by atoms with Crippen LogP contribution in [0.2, 0.25) is 0 Å². The molecule has 2 heterocycles. The number of furan rings is 1. The van der Waals surface area contributed by atoms with Crippen molar-refractivity contribution in [3.8, 4) is 0 Å². The van der Waals surface area contributed by atoms with Gasteiger partial charge in [-0.3, -0.25) is 4.79 Å². The monoisotopic (exact) mass is 575 g/mol. The molecule has 1 fully saturated rings. The SMILES string of the molecule is I.NC(=O)CC1CCCN(C(=NCc2ccc(S(N)(=O)=O)cc2)NCCc2ccco2)C1. The van der Waals surface area contributed by atoms with Crippen molar-refractivity contribution in [2.75, 3.05) is 19.6 Å². The molecule has 5 N–H and O–H groups in total. The van der Waals surface area contributed by atoms with Crippen LogP contribution in [0, 0.1) is 5.92 Å². The minimum atomic E-state index is -3.72. The number of hydrogen-bond donors (Lipinski definition) is 3. The predicted octanol–water partition coefficient (Wildman–Crippen LogP) is 1.82. The van der Waals surface area contributed by atoms with Crippen molar-refractivity contribution < 1.29 is 17.6 Å². The summed E-state index contributed by atoms with van der Waals surface area (Å²) in [4.78, 5) is 18.3.